The van der Waals surface area contributed by atoms with Crippen LogP contribution < -0.4 is 10.5 Å². The summed E-state index contributed by atoms with van der Waals surface area (Å²) in [4.78, 5) is 29.3. The third-order valence-corrected chi connectivity index (χ3v) is 5.73. The van der Waals surface area contributed by atoms with Crippen LogP contribution in [0.5, 0.6) is 5.75 Å². The number of carbonyl (C=O) groups is 2. The number of hydrogen-bond donors (Lipinski definition) is 1. The Hall–Kier alpha value is -1.79. The average Bonchev–Trinajstić information content (AvgIpc) is 3.09. The zero-order valence-corrected chi connectivity index (χ0v) is 17.4. The fourth-order valence-corrected chi connectivity index (χ4v) is 4.19. The zero-order valence-electron chi connectivity index (χ0n) is 16.6. The van der Waals surface area contributed by atoms with Gasteiger partial charge < -0.3 is 20.3 Å². The molecule has 0 saturated carbocycles. The van der Waals surface area contributed by atoms with Crippen molar-refractivity contribution in [2.75, 3.05) is 32.8 Å². The number of benzene rings is 1. The number of ether oxygens (including phenoxy) is 1. The molecule has 0 aliphatic carbocycles. The number of likely N-dealkylation sites (tertiary alicyclic amines) is 2. The molecule has 1 aromatic rings. The van der Waals surface area contributed by atoms with E-state index in [0.29, 0.717) is 32.0 Å². The minimum Gasteiger partial charge on any atom is -0.493 e. The minimum atomic E-state index is -0.0864. The van der Waals surface area contributed by atoms with Crippen molar-refractivity contribution >= 4 is 24.2 Å². The van der Waals surface area contributed by atoms with Gasteiger partial charge in [0.2, 0.25) is 11.8 Å². The fraction of sp³-hybridized carbons (Fsp3) is 0.619. The second-order valence-corrected chi connectivity index (χ2v) is 7.77. The highest BCUT2D eigenvalue weighted by Gasteiger charge is 2.37. The van der Waals surface area contributed by atoms with E-state index < -0.39 is 0 Å². The van der Waals surface area contributed by atoms with Gasteiger partial charge in [0.1, 0.15) is 5.75 Å². The van der Waals surface area contributed by atoms with E-state index in [-0.39, 0.29) is 36.2 Å². The van der Waals surface area contributed by atoms with Gasteiger partial charge in [-0.05, 0) is 50.8 Å². The first kappa shape index (κ1) is 22.5. The first-order chi connectivity index (χ1) is 13.1. The van der Waals surface area contributed by atoms with Crippen molar-refractivity contribution in [3.05, 3.63) is 30.3 Å². The first-order valence-electron chi connectivity index (χ1n) is 10.0. The smallest absolute Gasteiger partial charge is 0.227 e. The van der Waals surface area contributed by atoms with Crippen molar-refractivity contribution < 1.29 is 14.3 Å². The lowest BCUT2D eigenvalue weighted by atomic mass is 9.96. The Balaban J connectivity index is 0.00000280. The number of carbonyl (C=O) groups excluding carboxylic acids is 2. The molecule has 7 heteroatoms. The Morgan fingerprint density at radius 1 is 1.21 bits per heavy atom. The van der Waals surface area contributed by atoms with Gasteiger partial charge in [0.25, 0.3) is 0 Å². The van der Waals surface area contributed by atoms with Crippen LogP contribution in [0.15, 0.2) is 30.3 Å². The molecule has 1 aromatic carbocycles. The molecule has 2 amide bonds. The van der Waals surface area contributed by atoms with Crippen LogP contribution >= 0.6 is 12.4 Å². The molecular weight excluding hydrogens is 378 g/mol. The van der Waals surface area contributed by atoms with Gasteiger partial charge in [-0.2, -0.15) is 0 Å². The van der Waals surface area contributed by atoms with Crippen LogP contribution in [0.2, 0.25) is 0 Å². The van der Waals surface area contributed by atoms with Crippen LogP contribution in [-0.2, 0) is 9.59 Å². The Labute approximate surface area is 173 Å². The monoisotopic (exact) mass is 409 g/mol. The van der Waals surface area contributed by atoms with E-state index in [2.05, 4.69) is 6.92 Å². The SMILES string of the molecule is CC1CC(CN)CN1C(=O)C1CCCN(C(=O)CCOc2ccccc2)C1.Cl. The van der Waals surface area contributed by atoms with E-state index >= 15 is 0 Å². The van der Waals surface area contributed by atoms with E-state index in [1.807, 2.05) is 40.1 Å². The molecule has 0 spiro atoms. The maximum Gasteiger partial charge on any atom is 0.227 e. The minimum absolute atomic E-state index is 0. The Bertz CT molecular complexity index is 643. The number of nitrogens with zero attached hydrogens (tertiary/aromatic N) is 2. The largest absolute Gasteiger partial charge is 0.493 e. The molecule has 3 rings (SSSR count). The van der Waals surface area contributed by atoms with Gasteiger partial charge in [-0.15, -0.1) is 12.4 Å². The van der Waals surface area contributed by atoms with E-state index in [1.54, 1.807) is 0 Å². The highest BCUT2D eigenvalue weighted by molar-refractivity contribution is 5.85. The van der Waals surface area contributed by atoms with E-state index in [1.165, 1.54) is 0 Å². The molecule has 2 saturated heterocycles. The molecule has 0 radical (unpaired) electrons. The normalized spacial score (nSPS) is 24.6. The molecule has 2 aliphatic rings. The summed E-state index contributed by atoms with van der Waals surface area (Å²) in [5.74, 6) is 1.35. The van der Waals surface area contributed by atoms with Gasteiger partial charge in [-0.1, -0.05) is 18.2 Å². The third-order valence-electron chi connectivity index (χ3n) is 5.73. The first-order valence-corrected chi connectivity index (χ1v) is 10.0. The summed E-state index contributed by atoms with van der Waals surface area (Å²) in [6.45, 7) is 5.10. The molecule has 2 heterocycles. The molecule has 0 aromatic heterocycles. The van der Waals surface area contributed by atoms with Crippen LogP contribution in [0.4, 0.5) is 0 Å². The molecular formula is C21H32ClN3O3. The maximum atomic E-state index is 13.0. The second-order valence-electron chi connectivity index (χ2n) is 7.77. The lowest BCUT2D eigenvalue weighted by Crippen LogP contribution is -2.47. The lowest BCUT2D eigenvalue weighted by molar-refractivity contribution is -0.141. The molecule has 3 atom stereocenters. The number of halogens is 1. The fourth-order valence-electron chi connectivity index (χ4n) is 4.19. The highest BCUT2D eigenvalue weighted by Crippen LogP contribution is 2.27. The van der Waals surface area contributed by atoms with Gasteiger partial charge in [0.05, 0.1) is 18.9 Å². The van der Waals surface area contributed by atoms with E-state index in [4.69, 9.17) is 10.5 Å². The zero-order chi connectivity index (χ0) is 19.2. The summed E-state index contributed by atoms with van der Waals surface area (Å²) in [5.41, 5.74) is 5.78. The van der Waals surface area contributed by atoms with Crippen LogP contribution in [0.3, 0.4) is 0 Å². The van der Waals surface area contributed by atoms with Crippen molar-refractivity contribution in [2.45, 2.75) is 38.6 Å². The Morgan fingerprint density at radius 3 is 2.64 bits per heavy atom. The average molecular weight is 410 g/mol. The molecule has 2 aliphatic heterocycles. The second kappa shape index (κ2) is 10.7. The highest BCUT2D eigenvalue weighted by atomic mass is 35.5. The van der Waals surface area contributed by atoms with E-state index in [9.17, 15) is 9.59 Å². The molecule has 6 nitrogen and oxygen atoms in total. The van der Waals surface area contributed by atoms with Crippen LogP contribution in [0, 0.1) is 11.8 Å². The van der Waals surface area contributed by atoms with Crippen LogP contribution in [0.1, 0.15) is 32.6 Å². The summed E-state index contributed by atoms with van der Waals surface area (Å²) < 4.78 is 5.63. The molecule has 156 valence electrons. The molecule has 2 fully saturated rings. The van der Waals surface area contributed by atoms with Crippen molar-refractivity contribution in [3.63, 3.8) is 0 Å². The number of para-hydroxylation sites is 1. The topological polar surface area (TPSA) is 75.9 Å². The van der Waals surface area contributed by atoms with Crippen LogP contribution in [-0.4, -0.2) is 60.4 Å². The standard InChI is InChI=1S/C21H31N3O3.ClH/c1-16-12-17(13-22)14-24(16)21(26)18-6-5-10-23(15-18)20(25)9-11-27-19-7-3-2-4-8-19;/h2-4,7-8,16-18H,5-6,9-15,22H2,1H3;1H. The lowest BCUT2D eigenvalue weighted by Gasteiger charge is -2.35. The number of amides is 2. The summed E-state index contributed by atoms with van der Waals surface area (Å²) in [6.07, 6.45) is 3.06. The number of nitrogens with two attached hydrogens (primary N) is 1. The Morgan fingerprint density at radius 2 is 1.96 bits per heavy atom. The van der Waals surface area contributed by atoms with Gasteiger partial charge >= 0.3 is 0 Å². The van der Waals surface area contributed by atoms with Crippen molar-refractivity contribution in [1.82, 2.24) is 9.80 Å². The quantitative estimate of drug-likeness (QED) is 0.782. The van der Waals surface area contributed by atoms with E-state index in [0.717, 1.165) is 38.1 Å². The van der Waals surface area contributed by atoms with Gasteiger partial charge in [0, 0.05) is 25.7 Å². The predicted octanol–water partition coefficient (Wildman–Crippen LogP) is 2.31. The van der Waals surface area contributed by atoms with Gasteiger partial charge in [-0.25, -0.2) is 0 Å². The van der Waals surface area contributed by atoms with Crippen LogP contribution in [0.25, 0.3) is 0 Å². The van der Waals surface area contributed by atoms with Crippen molar-refractivity contribution in [2.24, 2.45) is 17.6 Å². The number of piperidine rings is 1. The predicted molar refractivity (Wildman–Crippen MR) is 111 cm³/mol. The Kier molecular flexibility index (Phi) is 8.58. The summed E-state index contributed by atoms with van der Waals surface area (Å²) in [7, 11) is 0. The maximum absolute atomic E-state index is 13.0. The summed E-state index contributed by atoms with van der Waals surface area (Å²) in [5, 5.41) is 0. The van der Waals surface area contributed by atoms with Gasteiger partial charge in [0.15, 0.2) is 0 Å². The summed E-state index contributed by atoms with van der Waals surface area (Å²) >= 11 is 0. The van der Waals surface area contributed by atoms with Gasteiger partial charge in [-0.3, -0.25) is 9.59 Å². The van der Waals surface area contributed by atoms with Crippen molar-refractivity contribution in [1.29, 1.82) is 0 Å². The molecule has 3 unspecified atom stereocenters. The van der Waals surface area contributed by atoms with Crippen molar-refractivity contribution in [3.8, 4) is 5.75 Å². The summed E-state index contributed by atoms with van der Waals surface area (Å²) in [6, 6.07) is 9.76. The number of rotatable bonds is 6. The molecule has 2 N–H and O–H groups in total. The molecule has 0 bridgehead atoms. The molecule has 28 heavy (non-hydrogen) atoms. The third kappa shape index (κ3) is 5.61. The number of hydrogen-bond acceptors (Lipinski definition) is 4.